The van der Waals surface area contributed by atoms with Crippen molar-refractivity contribution in [3.8, 4) is 0 Å². The summed E-state index contributed by atoms with van der Waals surface area (Å²) in [6.45, 7) is 5.01. The quantitative estimate of drug-likeness (QED) is 0.475. The highest BCUT2D eigenvalue weighted by atomic mass is 16.6. The third-order valence-corrected chi connectivity index (χ3v) is 3.22. The fraction of sp³-hybridized carbons (Fsp3) is 0.800. The van der Waals surface area contributed by atoms with E-state index in [-0.39, 0.29) is 11.7 Å². The van der Waals surface area contributed by atoms with Crippen LogP contribution in [0, 0.1) is 5.92 Å². The van der Waals surface area contributed by atoms with Gasteiger partial charge in [-0.25, -0.2) is 0 Å². The summed E-state index contributed by atoms with van der Waals surface area (Å²) in [6.07, 6.45) is 3.86. The van der Waals surface area contributed by atoms with Gasteiger partial charge in [0.1, 0.15) is 0 Å². The van der Waals surface area contributed by atoms with E-state index in [0.717, 1.165) is 25.0 Å². The lowest BCUT2D eigenvalue weighted by atomic mass is 9.80. The van der Waals surface area contributed by atoms with Crippen LogP contribution in [-0.2, 0) is 4.74 Å². The van der Waals surface area contributed by atoms with Crippen LogP contribution in [0.3, 0.4) is 0 Å². The molecule has 0 radical (unpaired) electrons. The van der Waals surface area contributed by atoms with Crippen molar-refractivity contribution in [2.45, 2.75) is 38.4 Å². The van der Waals surface area contributed by atoms with Crippen molar-refractivity contribution >= 4 is 0 Å². The molecule has 1 aliphatic heterocycles. The van der Waals surface area contributed by atoms with Gasteiger partial charge in [-0.3, -0.25) is 0 Å². The summed E-state index contributed by atoms with van der Waals surface area (Å²) >= 11 is 0. The van der Waals surface area contributed by atoms with Crippen molar-refractivity contribution in [3.63, 3.8) is 0 Å². The second-order valence-electron chi connectivity index (χ2n) is 4.23. The number of aliphatic hydroxyl groups is 1. The van der Waals surface area contributed by atoms with Gasteiger partial charge in [-0.05, 0) is 38.2 Å². The standard InChI is InChI=1S/C10H16O2/c1-7-3-4-8(5-9(7)11)10(2)6-12-10/h3,8-9,11H,4-6H2,1-2H3/t8-,9+,10?/m0/s1. The number of hydrogen-bond acceptors (Lipinski definition) is 2. The Morgan fingerprint density at radius 1 is 1.67 bits per heavy atom. The second kappa shape index (κ2) is 2.57. The Morgan fingerprint density at radius 2 is 2.33 bits per heavy atom. The minimum Gasteiger partial charge on any atom is -0.389 e. The highest BCUT2D eigenvalue weighted by molar-refractivity contribution is 5.13. The van der Waals surface area contributed by atoms with Crippen LogP contribution < -0.4 is 0 Å². The monoisotopic (exact) mass is 168 g/mol. The van der Waals surface area contributed by atoms with Gasteiger partial charge in [0.2, 0.25) is 0 Å². The van der Waals surface area contributed by atoms with Crippen molar-refractivity contribution in [1.82, 2.24) is 0 Å². The zero-order valence-corrected chi connectivity index (χ0v) is 7.71. The molecule has 0 amide bonds. The topological polar surface area (TPSA) is 32.8 Å². The first kappa shape index (κ1) is 8.27. The normalized spacial score (nSPS) is 47.1. The van der Waals surface area contributed by atoms with Crippen LogP contribution in [0.2, 0.25) is 0 Å². The zero-order valence-electron chi connectivity index (χ0n) is 7.71. The van der Waals surface area contributed by atoms with Gasteiger partial charge < -0.3 is 9.84 Å². The number of ether oxygens (including phenoxy) is 1. The molecule has 1 aliphatic carbocycles. The maximum absolute atomic E-state index is 9.62. The Labute approximate surface area is 73.2 Å². The molecule has 12 heavy (non-hydrogen) atoms. The predicted octanol–water partition coefficient (Wildman–Crippen LogP) is 1.49. The Hall–Kier alpha value is -0.340. The second-order valence-corrected chi connectivity index (χ2v) is 4.23. The molecule has 2 nitrogen and oxygen atoms in total. The zero-order chi connectivity index (χ0) is 8.77. The van der Waals surface area contributed by atoms with Crippen LogP contribution in [0.25, 0.3) is 0 Å². The minimum absolute atomic E-state index is 0.0815. The van der Waals surface area contributed by atoms with Crippen LogP contribution in [0.15, 0.2) is 11.6 Å². The van der Waals surface area contributed by atoms with E-state index in [2.05, 4.69) is 13.0 Å². The molecule has 1 unspecified atom stereocenters. The molecule has 1 N–H and O–H groups in total. The molecule has 0 aromatic carbocycles. The average Bonchev–Trinajstić information content (AvgIpc) is 2.75. The van der Waals surface area contributed by atoms with Crippen molar-refractivity contribution in [2.75, 3.05) is 6.61 Å². The van der Waals surface area contributed by atoms with Gasteiger partial charge in [0, 0.05) is 0 Å². The van der Waals surface area contributed by atoms with Gasteiger partial charge in [0.25, 0.3) is 0 Å². The average molecular weight is 168 g/mol. The molecule has 0 bridgehead atoms. The molecule has 0 saturated carbocycles. The molecular formula is C10H16O2. The molecule has 2 rings (SSSR count). The highest BCUT2D eigenvalue weighted by Crippen LogP contribution is 2.42. The van der Waals surface area contributed by atoms with E-state index in [1.165, 1.54) is 0 Å². The number of aliphatic hydroxyl groups excluding tert-OH is 1. The van der Waals surface area contributed by atoms with Gasteiger partial charge in [-0.1, -0.05) is 6.08 Å². The first-order valence-corrected chi connectivity index (χ1v) is 4.60. The third-order valence-electron chi connectivity index (χ3n) is 3.22. The number of hydrogen-bond donors (Lipinski definition) is 1. The van der Waals surface area contributed by atoms with Gasteiger partial charge >= 0.3 is 0 Å². The first-order valence-electron chi connectivity index (χ1n) is 4.60. The van der Waals surface area contributed by atoms with Crippen molar-refractivity contribution < 1.29 is 9.84 Å². The lowest BCUT2D eigenvalue weighted by Gasteiger charge is -2.27. The van der Waals surface area contributed by atoms with Crippen molar-refractivity contribution in [2.24, 2.45) is 5.92 Å². The molecule has 68 valence electrons. The molecule has 0 spiro atoms. The maximum atomic E-state index is 9.62. The van der Waals surface area contributed by atoms with Crippen LogP contribution >= 0.6 is 0 Å². The van der Waals surface area contributed by atoms with E-state index in [4.69, 9.17) is 4.74 Å². The summed E-state index contributed by atoms with van der Waals surface area (Å²) in [6, 6.07) is 0. The maximum Gasteiger partial charge on any atom is 0.0920 e. The largest absolute Gasteiger partial charge is 0.389 e. The van der Waals surface area contributed by atoms with Crippen LogP contribution in [-0.4, -0.2) is 23.4 Å². The lowest BCUT2D eigenvalue weighted by Crippen LogP contribution is -2.28. The summed E-state index contributed by atoms with van der Waals surface area (Å²) in [4.78, 5) is 0. The summed E-state index contributed by atoms with van der Waals surface area (Å²) in [5, 5.41) is 9.62. The Morgan fingerprint density at radius 3 is 2.83 bits per heavy atom. The number of epoxide rings is 1. The molecule has 1 saturated heterocycles. The van der Waals surface area contributed by atoms with E-state index in [9.17, 15) is 5.11 Å². The smallest absolute Gasteiger partial charge is 0.0920 e. The van der Waals surface area contributed by atoms with Crippen LogP contribution in [0.1, 0.15) is 26.7 Å². The van der Waals surface area contributed by atoms with Gasteiger partial charge in [-0.15, -0.1) is 0 Å². The van der Waals surface area contributed by atoms with E-state index in [0.29, 0.717) is 5.92 Å². The van der Waals surface area contributed by atoms with Gasteiger partial charge in [0.15, 0.2) is 0 Å². The first-order chi connectivity index (χ1) is 5.62. The van der Waals surface area contributed by atoms with Crippen LogP contribution in [0.4, 0.5) is 0 Å². The van der Waals surface area contributed by atoms with E-state index in [1.54, 1.807) is 0 Å². The lowest BCUT2D eigenvalue weighted by molar-refractivity contribution is 0.126. The highest BCUT2D eigenvalue weighted by Gasteiger charge is 2.47. The van der Waals surface area contributed by atoms with E-state index >= 15 is 0 Å². The predicted molar refractivity (Wildman–Crippen MR) is 46.8 cm³/mol. The SMILES string of the molecule is CC1=CC[C@H](C2(C)CO2)C[C@H]1O. The molecule has 2 heteroatoms. The van der Waals surface area contributed by atoms with Crippen molar-refractivity contribution in [1.29, 1.82) is 0 Å². The fourth-order valence-corrected chi connectivity index (χ4v) is 1.86. The Kier molecular flexibility index (Phi) is 1.77. The summed E-state index contributed by atoms with van der Waals surface area (Å²) in [5.74, 6) is 0.524. The number of allylic oxidation sites excluding steroid dienone is 1. The van der Waals surface area contributed by atoms with Crippen molar-refractivity contribution in [3.05, 3.63) is 11.6 Å². The number of rotatable bonds is 1. The molecule has 0 aromatic heterocycles. The summed E-state index contributed by atoms with van der Waals surface area (Å²) in [7, 11) is 0. The van der Waals surface area contributed by atoms with Gasteiger partial charge in [-0.2, -0.15) is 0 Å². The molecular weight excluding hydrogens is 152 g/mol. The molecule has 1 heterocycles. The fourth-order valence-electron chi connectivity index (χ4n) is 1.86. The molecule has 3 atom stereocenters. The Bertz CT molecular complexity index is 216. The summed E-state index contributed by atoms with van der Waals surface area (Å²) < 4.78 is 5.38. The molecule has 0 aromatic rings. The van der Waals surface area contributed by atoms with Crippen LogP contribution in [0.5, 0.6) is 0 Å². The minimum atomic E-state index is -0.232. The van der Waals surface area contributed by atoms with E-state index < -0.39 is 0 Å². The van der Waals surface area contributed by atoms with E-state index in [1.807, 2.05) is 6.92 Å². The molecule has 1 fully saturated rings. The summed E-state index contributed by atoms with van der Waals surface area (Å²) in [5.41, 5.74) is 1.20. The third kappa shape index (κ3) is 1.29. The van der Waals surface area contributed by atoms with Gasteiger partial charge in [0.05, 0.1) is 18.3 Å². The molecule has 2 aliphatic rings. The Balaban J connectivity index is 2.04.